The summed E-state index contributed by atoms with van der Waals surface area (Å²) in [6.07, 6.45) is 2.87. The van der Waals surface area contributed by atoms with E-state index in [0.717, 1.165) is 24.8 Å². The molecule has 2 amide bonds. The molecule has 1 atom stereocenters. The Labute approximate surface area is 194 Å². The fraction of sp³-hybridized carbons (Fsp3) is 0.259. The fourth-order valence-electron chi connectivity index (χ4n) is 3.67. The molecule has 172 valence electrons. The van der Waals surface area contributed by atoms with Gasteiger partial charge in [0.25, 0.3) is 5.91 Å². The van der Waals surface area contributed by atoms with E-state index < -0.39 is 11.8 Å². The number of carbonyl (C=O) groups excluding carboxylic acids is 2. The Morgan fingerprint density at radius 3 is 2.21 bits per heavy atom. The Balaban J connectivity index is 1.58. The summed E-state index contributed by atoms with van der Waals surface area (Å²) in [4.78, 5) is 26.9. The van der Waals surface area contributed by atoms with Crippen LogP contribution in [0.3, 0.4) is 0 Å². The molecule has 0 aliphatic carbocycles. The normalized spacial score (nSPS) is 11.5. The summed E-state index contributed by atoms with van der Waals surface area (Å²) in [6.45, 7) is 0.540. The van der Waals surface area contributed by atoms with E-state index in [1.54, 1.807) is 23.5 Å². The van der Waals surface area contributed by atoms with E-state index in [4.69, 9.17) is 4.74 Å². The van der Waals surface area contributed by atoms with Crippen molar-refractivity contribution in [2.24, 2.45) is 5.92 Å². The number of hydrogen-bond donors (Lipinski definition) is 2. The molecule has 3 aromatic rings. The monoisotopic (exact) mass is 446 g/mol. The number of nitrogens with one attached hydrogen (secondary N) is 1. The summed E-state index contributed by atoms with van der Waals surface area (Å²) < 4.78 is 5.85. The van der Waals surface area contributed by atoms with Gasteiger partial charge < -0.3 is 9.64 Å². The number of carbonyl (C=O) groups is 2. The standard InChI is InChI=1S/C27H30N2O4/c1-29(18-9-8-13-21-11-4-2-5-12-21)27(31)25(26(30)28-32)20-22-14-10-17-24(19-22)33-23-15-6-3-7-16-23/h2-7,10-12,14-17,19,25,32H,8-9,13,18,20H2,1H3,(H,28,30). The van der Waals surface area contributed by atoms with Gasteiger partial charge in [-0.05, 0) is 61.1 Å². The van der Waals surface area contributed by atoms with Crippen LogP contribution in [0.2, 0.25) is 0 Å². The van der Waals surface area contributed by atoms with Gasteiger partial charge in [0.1, 0.15) is 17.4 Å². The zero-order chi connectivity index (χ0) is 23.5. The van der Waals surface area contributed by atoms with Crippen LogP contribution in [-0.4, -0.2) is 35.5 Å². The van der Waals surface area contributed by atoms with Crippen molar-refractivity contribution in [3.8, 4) is 11.5 Å². The molecule has 2 N–H and O–H groups in total. The molecule has 3 rings (SSSR count). The maximum Gasteiger partial charge on any atom is 0.256 e. The average Bonchev–Trinajstić information content (AvgIpc) is 2.85. The molecule has 0 bridgehead atoms. The Bertz CT molecular complexity index is 1020. The average molecular weight is 447 g/mol. The quantitative estimate of drug-likeness (QED) is 0.195. The van der Waals surface area contributed by atoms with E-state index in [1.165, 1.54) is 5.56 Å². The molecular weight excluding hydrogens is 416 g/mol. The van der Waals surface area contributed by atoms with Crippen LogP contribution < -0.4 is 10.2 Å². The maximum absolute atomic E-state index is 13.0. The number of rotatable bonds is 11. The van der Waals surface area contributed by atoms with Gasteiger partial charge in [-0.1, -0.05) is 60.7 Å². The first kappa shape index (κ1) is 24.0. The Hall–Kier alpha value is -3.64. The zero-order valence-corrected chi connectivity index (χ0v) is 18.8. The summed E-state index contributed by atoms with van der Waals surface area (Å²) in [5.41, 5.74) is 3.68. The number of unbranched alkanes of at least 4 members (excludes halogenated alkanes) is 1. The van der Waals surface area contributed by atoms with Crippen LogP contribution >= 0.6 is 0 Å². The molecule has 0 fully saturated rings. The summed E-state index contributed by atoms with van der Waals surface area (Å²) in [6, 6.07) is 26.9. The van der Waals surface area contributed by atoms with Crippen LogP contribution in [0.15, 0.2) is 84.9 Å². The highest BCUT2D eigenvalue weighted by Crippen LogP contribution is 2.23. The lowest BCUT2D eigenvalue weighted by atomic mass is 9.97. The van der Waals surface area contributed by atoms with E-state index in [0.29, 0.717) is 18.0 Å². The number of hydroxylamine groups is 1. The van der Waals surface area contributed by atoms with Crippen molar-refractivity contribution >= 4 is 11.8 Å². The highest BCUT2D eigenvalue weighted by atomic mass is 16.5. The van der Waals surface area contributed by atoms with Gasteiger partial charge in [0.05, 0.1) is 0 Å². The van der Waals surface area contributed by atoms with Crippen LogP contribution in [0, 0.1) is 5.92 Å². The Morgan fingerprint density at radius 2 is 1.52 bits per heavy atom. The minimum atomic E-state index is -1.03. The molecule has 0 heterocycles. The predicted molar refractivity (Wildman–Crippen MR) is 127 cm³/mol. The second kappa shape index (κ2) is 12.4. The first-order valence-corrected chi connectivity index (χ1v) is 11.1. The van der Waals surface area contributed by atoms with Gasteiger partial charge in [0.15, 0.2) is 0 Å². The minimum absolute atomic E-state index is 0.158. The highest BCUT2D eigenvalue weighted by Gasteiger charge is 2.29. The van der Waals surface area contributed by atoms with Crippen LogP contribution in [0.5, 0.6) is 11.5 Å². The molecule has 0 aliphatic rings. The summed E-state index contributed by atoms with van der Waals surface area (Å²) in [5.74, 6) is -0.753. The number of hydrogen-bond acceptors (Lipinski definition) is 4. The van der Waals surface area contributed by atoms with Crippen molar-refractivity contribution < 1.29 is 19.5 Å². The van der Waals surface area contributed by atoms with Gasteiger partial charge in [-0.2, -0.15) is 0 Å². The van der Waals surface area contributed by atoms with Crippen molar-refractivity contribution in [1.29, 1.82) is 0 Å². The topological polar surface area (TPSA) is 78.9 Å². The minimum Gasteiger partial charge on any atom is -0.457 e. The van der Waals surface area contributed by atoms with Gasteiger partial charge in [-0.3, -0.25) is 14.8 Å². The number of benzene rings is 3. The van der Waals surface area contributed by atoms with Crippen molar-refractivity contribution in [3.05, 3.63) is 96.1 Å². The zero-order valence-electron chi connectivity index (χ0n) is 18.8. The van der Waals surface area contributed by atoms with Gasteiger partial charge in [-0.25, -0.2) is 5.48 Å². The van der Waals surface area contributed by atoms with E-state index in [-0.39, 0.29) is 12.3 Å². The molecule has 3 aromatic carbocycles. The molecule has 0 aliphatic heterocycles. The van der Waals surface area contributed by atoms with Gasteiger partial charge in [-0.15, -0.1) is 0 Å². The number of ether oxygens (including phenoxy) is 1. The van der Waals surface area contributed by atoms with E-state index >= 15 is 0 Å². The van der Waals surface area contributed by atoms with Crippen molar-refractivity contribution in [3.63, 3.8) is 0 Å². The van der Waals surface area contributed by atoms with Crippen LogP contribution in [0.1, 0.15) is 24.0 Å². The number of amides is 2. The third kappa shape index (κ3) is 7.47. The first-order valence-electron chi connectivity index (χ1n) is 11.1. The van der Waals surface area contributed by atoms with E-state index in [9.17, 15) is 14.8 Å². The fourth-order valence-corrected chi connectivity index (χ4v) is 3.67. The highest BCUT2D eigenvalue weighted by molar-refractivity contribution is 6.00. The van der Waals surface area contributed by atoms with Crippen LogP contribution in [-0.2, 0) is 22.4 Å². The SMILES string of the molecule is CN(CCCCc1ccccc1)C(=O)C(Cc1cccc(Oc2ccccc2)c1)C(=O)NO. The van der Waals surface area contributed by atoms with Crippen LogP contribution in [0.4, 0.5) is 0 Å². The lowest BCUT2D eigenvalue weighted by Gasteiger charge is -2.23. The number of aryl methyl sites for hydroxylation is 1. The molecule has 0 saturated heterocycles. The molecule has 1 unspecified atom stereocenters. The first-order chi connectivity index (χ1) is 16.1. The third-order valence-corrected chi connectivity index (χ3v) is 5.47. The predicted octanol–water partition coefficient (Wildman–Crippen LogP) is 4.62. The van der Waals surface area contributed by atoms with Crippen molar-refractivity contribution in [1.82, 2.24) is 10.4 Å². The molecule has 6 nitrogen and oxygen atoms in total. The molecule has 0 radical (unpaired) electrons. The lowest BCUT2D eigenvalue weighted by Crippen LogP contribution is -2.42. The largest absolute Gasteiger partial charge is 0.457 e. The molecule has 33 heavy (non-hydrogen) atoms. The number of nitrogens with zero attached hydrogens (tertiary/aromatic N) is 1. The van der Waals surface area contributed by atoms with Gasteiger partial charge in [0, 0.05) is 13.6 Å². The van der Waals surface area contributed by atoms with Crippen LogP contribution in [0.25, 0.3) is 0 Å². The molecule has 0 aromatic heterocycles. The summed E-state index contributed by atoms with van der Waals surface area (Å²) in [5, 5.41) is 9.21. The smallest absolute Gasteiger partial charge is 0.256 e. The second-order valence-corrected chi connectivity index (χ2v) is 8.00. The van der Waals surface area contributed by atoms with Crippen molar-refractivity contribution in [2.75, 3.05) is 13.6 Å². The van der Waals surface area contributed by atoms with Gasteiger partial charge in [0.2, 0.25) is 5.91 Å². The Kier molecular flexibility index (Phi) is 9.03. The molecular formula is C27H30N2O4. The lowest BCUT2D eigenvalue weighted by molar-refractivity contribution is -0.145. The van der Waals surface area contributed by atoms with Gasteiger partial charge >= 0.3 is 0 Å². The number of para-hydroxylation sites is 1. The van der Waals surface area contributed by atoms with Crippen molar-refractivity contribution in [2.45, 2.75) is 25.7 Å². The third-order valence-electron chi connectivity index (χ3n) is 5.47. The Morgan fingerprint density at radius 1 is 0.879 bits per heavy atom. The second-order valence-electron chi connectivity index (χ2n) is 8.00. The summed E-state index contributed by atoms with van der Waals surface area (Å²) >= 11 is 0. The maximum atomic E-state index is 13.0. The van der Waals surface area contributed by atoms with E-state index in [2.05, 4.69) is 12.1 Å². The molecule has 6 heteroatoms. The molecule has 0 spiro atoms. The molecule has 0 saturated carbocycles. The summed E-state index contributed by atoms with van der Waals surface area (Å²) in [7, 11) is 1.69. The van der Waals surface area contributed by atoms with E-state index in [1.807, 2.05) is 66.7 Å².